The second kappa shape index (κ2) is 8.09. The normalized spacial score (nSPS) is 16.9. The van der Waals surface area contributed by atoms with Gasteiger partial charge in [0.2, 0.25) is 0 Å². The van der Waals surface area contributed by atoms with E-state index in [1.807, 2.05) is 0 Å². The third kappa shape index (κ3) is 4.78. The zero-order valence-electron chi connectivity index (χ0n) is 13.5. The number of piperidine rings is 1. The molecule has 2 heterocycles. The zero-order valence-corrected chi connectivity index (χ0v) is 15.2. The van der Waals surface area contributed by atoms with E-state index in [1.165, 1.54) is 16.4 Å². The topological polar surface area (TPSA) is 104 Å². The van der Waals surface area contributed by atoms with Gasteiger partial charge in [-0.1, -0.05) is 6.92 Å². The van der Waals surface area contributed by atoms with Crippen LogP contribution in [0.1, 0.15) is 42.3 Å². The summed E-state index contributed by atoms with van der Waals surface area (Å²) in [5.41, 5.74) is 0. The molecular weight excluding hydrogens is 352 g/mol. The summed E-state index contributed by atoms with van der Waals surface area (Å²) in [5, 5.41) is 11.2. The summed E-state index contributed by atoms with van der Waals surface area (Å²) >= 11 is 0.949. The fraction of sp³-hybridized carbons (Fsp3) is 0.600. The van der Waals surface area contributed by atoms with Gasteiger partial charge in [-0.15, -0.1) is 11.3 Å². The minimum atomic E-state index is -3.54. The molecule has 1 aromatic rings. The number of hydrogen-bond donors (Lipinski definition) is 2. The predicted molar refractivity (Wildman–Crippen MR) is 90.7 cm³/mol. The van der Waals surface area contributed by atoms with Crippen molar-refractivity contribution in [2.24, 2.45) is 5.92 Å². The fourth-order valence-electron chi connectivity index (χ4n) is 2.46. The fourth-order valence-corrected chi connectivity index (χ4v) is 5.31. The number of rotatable bonds is 7. The van der Waals surface area contributed by atoms with Crippen LogP contribution in [0.3, 0.4) is 0 Å². The maximum Gasteiger partial charge on any atom is 0.303 e. The molecule has 0 radical (unpaired) electrons. The quantitative estimate of drug-likeness (QED) is 0.708. The zero-order chi connectivity index (χ0) is 17.7. The molecule has 0 aliphatic carbocycles. The van der Waals surface area contributed by atoms with Gasteiger partial charge in [-0.2, -0.15) is 4.31 Å². The van der Waals surface area contributed by atoms with Crippen molar-refractivity contribution in [1.29, 1.82) is 0 Å². The molecule has 1 aliphatic rings. The van der Waals surface area contributed by atoms with Crippen molar-refractivity contribution in [2.75, 3.05) is 19.6 Å². The third-order valence-electron chi connectivity index (χ3n) is 3.99. The van der Waals surface area contributed by atoms with E-state index in [4.69, 9.17) is 5.11 Å². The first kappa shape index (κ1) is 18.9. The first-order valence-electron chi connectivity index (χ1n) is 7.90. The molecule has 0 bridgehead atoms. The van der Waals surface area contributed by atoms with Crippen LogP contribution >= 0.6 is 11.3 Å². The van der Waals surface area contributed by atoms with Crippen LogP contribution in [0.2, 0.25) is 0 Å². The van der Waals surface area contributed by atoms with Crippen molar-refractivity contribution < 1.29 is 23.1 Å². The highest BCUT2D eigenvalue weighted by Gasteiger charge is 2.29. The molecule has 1 amide bonds. The highest BCUT2D eigenvalue weighted by molar-refractivity contribution is 7.91. The Kier molecular flexibility index (Phi) is 6.36. The molecule has 134 valence electrons. The average Bonchev–Trinajstić information content (AvgIpc) is 3.02. The number of carboxylic acids is 1. The molecule has 9 heteroatoms. The average molecular weight is 374 g/mol. The van der Waals surface area contributed by atoms with Gasteiger partial charge < -0.3 is 10.4 Å². The van der Waals surface area contributed by atoms with Gasteiger partial charge in [-0.3, -0.25) is 9.59 Å². The summed E-state index contributed by atoms with van der Waals surface area (Å²) < 4.78 is 26.9. The number of carbonyl (C=O) groups is 2. The highest BCUT2D eigenvalue weighted by atomic mass is 32.2. The van der Waals surface area contributed by atoms with E-state index < -0.39 is 16.0 Å². The van der Waals surface area contributed by atoms with E-state index >= 15 is 0 Å². The van der Waals surface area contributed by atoms with Gasteiger partial charge >= 0.3 is 5.97 Å². The number of amides is 1. The summed E-state index contributed by atoms with van der Waals surface area (Å²) in [6.45, 7) is 3.38. The Morgan fingerprint density at radius 2 is 2.00 bits per heavy atom. The summed E-state index contributed by atoms with van der Waals surface area (Å²) in [5.74, 6) is -0.754. The summed E-state index contributed by atoms with van der Waals surface area (Å²) in [6.07, 6.45) is 2.02. The smallest absolute Gasteiger partial charge is 0.303 e. The maximum atomic E-state index is 12.6. The van der Waals surface area contributed by atoms with Crippen LogP contribution in [0, 0.1) is 5.92 Å². The van der Waals surface area contributed by atoms with E-state index in [9.17, 15) is 18.0 Å². The Hall–Kier alpha value is -1.45. The second-order valence-corrected chi connectivity index (χ2v) is 9.21. The molecule has 7 nitrogen and oxygen atoms in total. The molecule has 1 saturated heterocycles. The first-order valence-corrected chi connectivity index (χ1v) is 10.2. The Balaban J connectivity index is 1.96. The van der Waals surface area contributed by atoms with Gasteiger partial charge in [0.1, 0.15) is 4.21 Å². The first-order chi connectivity index (χ1) is 11.3. The second-order valence-electron chi connectivity index (χ2n) is 5.96. The molecule has 2 rings (SSSR count). The Bertz CT molecular complexity index is 690. The van der Waals surface area contributed by atoms with Gasteiger partial charge in [0.15, 0.2) is 0 Å². The van der Waals surface area contributed by atoms with Gasteiger partial charge in [0.05, 0.1) is 4.88 Å². The molecular formula is C15H22N2O5S2. The minimum Gasteiger partial charge on any atom is -0.481 e. The number of nitrogens with one attached hydrogen (secondary N) is 1. The monoisotopic (exact) mass is 374 g/mol. The lowest BCUT2D eigenvalue weighted by atomic mass is 10.0. The van der Waals surface area contributed by atoms with Crippen LogP contribution in [0.15, 0.2) is 16.3 Å². The van der Waals surface area contributed by atoms with Gasteiger partial charge in [0.25, 0.3) is 15.9 Å². The summed E-state index contributed by atoms with van der Waals surface area (Å²) in [4.78, 5) is 22.7. The lowest BCUT2D eigenvalue weighted by Gasteiger charge is -2.28. The number of nitrogens with zero attached hydrogens (tertiary/aromatic N) is 1. The SMILES string of the molecule is CC1CCN(S(=O)(=O)c2ccc(C(=O)NCCCC(=O)O)s2)CC1. The number of aliphatic carboxylic acids is 1. The van der Waals surface area contributed by atoms with Gasteiger partial charge in [0, 0.05) is 26.1 Å². The van der Waals surface area contributed by atoms with E-state index in [-0.39, 0.29) is 23.1 Å². The van der Waals surface area contributed by atoms with Crippen LogP contribution in [-0.2, 0) is 14.8 Å². The molecule has 1 fully saturated rings. The molecule has 2 N–H and O–H groups in total. The van der Waals surface area contributed by atoms with Crippen LogP contribution in [0.25, 0.3) is 0 Å². The minimum absolute atomic E-state index is 0.0161. The molecule has 24 heavy (non-hydrogen) atoms. The summed E-state index contributed by atoms with van der Waals surface area (Å²) in [7, 11) is -3.54. The van der Waals surface area contributed by atoms with E-state index in [2.05, 4.69) is 12.2 Å². The molecule has 1 aliphatic heterocycles. The van der Waals surface area contributed by atoms with Crippen LogP contribution in [0.4, 0.5) is 0 Å². The van der Waals surface area contributed by atoms with Crippen LogP contribution < -0.4 is 5.32 Å². The standard InChI is InChI=1S/C15H22N2O5S2/c1-11-6-9-17(10-7-11)24(21,22)14-5-4-12(23-14)15(20)16-8-2-3-13(18)19/h4-5,11H,2-3,6-10H2,1H3,(H,16,20)(H,18,19). The molecule has 0 aromatic carbocycles. The number of carboxylic acid groups (broad SMARTS) is 1. The van der Waals surface area contributed by atoms with E-state index in [1.54, 1.807) is 0 Å². The number of thiophene rings is 1. The molecule has 0 saturated carbocycles. The van der Waals surface area contributed by atoms with Crippen molar-refractivity contribution in [2.45, 2.75) is 36.8 Å². The van der Waals surface area contributed by atoms with E-state index in [0.717, 1.165) is 24.2 Å². The maximum absolute atomic E-state index is 12.6. The number of carbonyl (C=O) groups excluding carboxylic acids is 1. The lowest BCUT2D eigenvalue weighted by Crippen LogP contribution is -2.37. The Labute approximate surface area is 145 Å². The molecule has 1 aromatic heterocycles. The number of hydrogen-bond acceptors (Lipinski definition) is 5. The van der Waals surface area contributed by atoms with Crippen molar-refractivity contribution >= 4 is 33.2 Å². The van der Waals surface area contributed by atoms with Crippen LogP contribution in [0.5, 0.6) is 0 Å². The van der Waals surface area contributed by atoms with E-state index in [0.29, 0.717) is 30.3 Å². The summed E-state index contributed by atoms with van der Waals surface area (Å²) in [6, 6.07) is 2.96. The van der Waals surface area contributed by atoms with Crippen molar-refractivity contribution in [1.82, 2.24) is 9.62 Å². The van der Waals surface area contributed by atoms with Crippen molar-refractivity contribution in [3.8, 4) is 0 Å². The predicted octanol–water partition coefficient (Wildman–Crippen LogP) is 1.76. The van der Waals surface area contributed by atoms with Crippen molar-refractivity contribution in [3.63, 3.8) is 0 Å². The number of sulfonamides is 1. The third-order valence-corrected chi connectivity index (χ3v) is 7.44. The molecule has 0 atom stereocenters. The van der Waals surface area contributed by atoms with Crippen LogP contribution in [-0.4, -0.2) is 49.3 Å². The largest absolute Gasteiger partial charge is 0.481 e. The van der Waals surface area contributed by atoms with Gasteiger partial charge in [-0.25, -0.2) is 8.42 Å². The molecule has 0 unspecified atom stereocenters. The Morgan fingerprint density at radius 3 is 2.62 bits per heavy atom. The lowest BCUT2D eigenvalue weighted by molar-refractivity contribution is -0.137. The molecule has 0 spiro atoms. The van der Waals surface area contributed by atoms with Gasteiger partial charge in [-0.05, 0) is 37.3 Å². The Morgan fingerprint density at radius 1 is 1.33 bits per heavy atom. The van der Waals surface area contributed by atoms with Crippen molar-refractivity contribution in [3.05, 3.63) is 17.0 Å². The highest BCUT2D eigenvalue weighted by Crippen LogP contribution is 2.28.